The summed E-state index contributed by atoms with van der Waals surface area (Å²) in [5, 5.41) is 39.1. The molecule has 0 saturated carbocycles. The molecule has 390 valence electrons. The maximum absolute atomic E-state index is 14.1. The number of piperidine rings is 1. The third-order valence-electron chi connectivity index (χ3n) is 13.2. The summed E-state index contributed by atoms with van der Waals surface area (Å²) in [6.45, 7) is 6.20. The number of primary amides is 1. The zero-order valence-corrected chi connectivity index (χ0v) is 40.0. The number of phenolic OH excluding ortho intramolecular Hbond substituents is 2. The van der Waals surface area contributed by atoms with Crippen molar-refractivity contribution in [1.82, 2.24) is 21.1 Å². The predicted octanol–water partition coefficient (Wildman–Crippen LogP) is 0.191. The van der Waals surface area contributed by atoms with E-state index < -0.39 is 82.9 Å². The Morgan fingerprint density at radius 2 is 1.51 bits per heavy atom. The predicted molar refractivity (Wildman–Crippen MR) is 245 cm³/mol. The first-order valence-corrected chi connectivity index (χ1v) is 24.0. The van der Waals surface area contributed by atoms with Gasteiger partial charge in [-0.2, -0.15) is 0 Å². The zero-order chi connectivity index (χ0) is 50.7. The molecular weight excluding hydrogens is 935 g/mol. The third kappa shape index (κ3) is 13.0. The monoisotopic (exact) mass is 999 g/mol. The number of carbonyl (C=O) groups is 6. The Labute approximate surface area is 410 Å². The molecule has 2 aromatic rings. The molecule has 4 amide bonds. The highest BCUT2D eigenvalue weighted by Crippen LogP contribution is 2.52. The summed E-state index contributed by atoms with van der Waals surface area (Å²) in [6, 6.07) is 4.38. The maximum atomic E-state index is 14.1. The number of methoxy groups -OCH3 is 1. The molecule has 2 aromatic carbocycles. The normalized spacial score (nSPS) is 24.4. The molecule has 0 spiro atoms. The third-order valence-corrected chi connectivity index (χ3v) is 13.2. The second kappa shape index (κ2) is 24.9. The molecular formula is C48H65N5O18. The molecule has 5 aliphatic rings. The number of ketones is 2. The summed E-state index contributed by atoms with van der Waals surface area (Å²) in [7, 11) is 1.33. The van der Waals surface area contributed by atoms with Gasteiger partial charge in [0.2, 0.25) is 23.5 Å². The second-order valence-electron chi connectivity index (χ2n) is 18.0. The number of nitrogens with zero attached hydrogens (tertiary/aromatic N) is 1. The van der Waals surface area contributed by atoms with Crippen LogP contribution in [0, 0.1) is 5.92 Å². The summed E-state index contributed by atoms with van der Waals surface area (Å²) in [5.74, 6) is -5.15. The number of ether oxygens (including phenoxy) is 9. The van der Waals surface area contributed by atoms with Gasteiger partial charge in [0.1, 0.15) is 23.5 Å². The fourth-order valence-corrected chi connectivity index (χ4v) is 9.40. The van der Waals surface area contributed by atoms with Crippen molar-refractivity contribution in [2.75, 3.05) is 92.8 Å². The van der Waals surface area contributed by atoms with Crippen LogP contribution in [0.1, 0.15) is 101 Å². The molecule has 0 radical (unpaired) electrons. The topological polar surface area (TPSA) is 312 Å². The minimum Gasteiger partial charge on any atom is -0.507 e. The van der Waals surface area contributed by atoms with Gasteiger partial charge in [-0.25, -0.2) is 0 Å². The molecule has 0 aromatic heterocycles. The molecule has 2 unspecified atom stereocenters. The summed E-state index contributed by atoms with van der Waals surface area (Å²) in [6.07, 6.45) is -2.72. The van der Waals surface area contributed by atoms with Crippen molar-refractivity contribution < 1.29 is 86.7 Å². The molecule has 0 bridgehead atoms. The number of morpholine rings is 1. The molecule has 3 heterocycles. The largest absolute Gasteiger partial charge is 0.507 e. The van der Waals surface area contributed by atoms with Gasteiger partial charge in [-0.3, -0.25) is 44.9 Å². The van der Waals surface area contributed by atoms with E-state index in [1.807, 2.05) is 0 Å². The summed E-state index contributed by atoms with van der Waals surface area (Å²) >= 11 is 0. The lowest BCUT2D eigenvalue weighted by Crippen LogP contribution is -2.56. The zero-order valence-electron chi connectivity index (χ0n) is 40.0. The molecule has 6 atom stereocenters. The maximum Gasteiger partial charge on any atom is 0.270 e. The quantitative estimate of drug-likeness (QED) is 0.0401. The summed E-state index contributed by atoms with van der Waals surface area (Å²) in [4.78, 5) is 80.0. The van der Waals surface area contributed by atoms with Crippen LogP contribution in [0.25, 0.3) is 0 Å². The van der Waals surface area contributed by atoms with Crippen molar-refractivity contribution in [2.45, 2.75) is 94.7 Å². The minimum atomic E-state index is -2.40. The number of nitrogens with one attached hydrogen (secondary N) is 3. The lowest BCUT2D eigenvalue weighted by Gasteiger charge is -2.42. The van der Waals surface area contributed by atoms with Gasteiger partial charge in [0.15, 0.2) is 17.7 Å². The number of hydrogen-bond donors (Lipinski definition) is 7. The van der Waals surface area contributed by atoms with Crippen LogP contribution in [-0.4, -0.2) is 179 Å². The number of amides is 4. The highest BCUT2D eigenvalue weighted by molar-refractivity contribution is 6.31. The molecule has 23 heteroatoms. The van der Waals surface area contributed by atoms with Crippen LogP contribution in [0.2, 0.25) is 0 Å². The number of likely N-dealkylation sites (tertiary alicyclic amines) is 1. The van der Waals surface area contributed by atoms with Crippen molar-refractivity contribution in [1.29, 1.82) is 0 Å². The first-order valence-electron chi connectivity index (χ1n) is 24.0. The Bertz CT molecular complexity index is 2250. The Kier molecular flexibility index (Phi) is 18.7. The van der Waals surface area contributed by atoms with Crippen LogP contribution in [0.3, 0.4) is 0 Å². The van der Waals surface area contributed by atoms with Crippen molar-refractivity contribution in [3.8, 4) is 17.2 Å². The lowest BCUT2D eigenvalue weighted by atomic mass is 9.72. The highest BCUT2D eigenvalue weighted by atomic mass is 16.7. The number of nitrogens with two attached hydrogens (primary N) is 1. The van der Waals surface area contributed by atoms with E-state index in [2.05, 4.69) is 16.2 Å². The van der Waals surface area contributed by atoms with Crippen molar-refractivity contribution in [3.05, 3.63) is 51.6 Å². The van der Waals surface area contributed by atoms with Crippen LogP contribution in [0.5, 0.6) is 17.2 Å². The van der Waals surface area contributed by atoms with Gasteiger partial charge in [0.05, 0.1) is 121 Å². The van der Waals surface area contributed by atoms with E-state index in [0.29, 0.717) is 71.9 Å². The Morgan fingerprint density at radius 1 is 0.845 bits per heavy atom. The fourth-order valence-electron chi connectivity index (χ4n) is 9.40. The van der Waals surface area contributed by atoms with Crippen molar-refractivity contribution in [2.24, 2.45) is 11.7 Å². The van der Waals surface area contributed by atoms with Gasteiger partial charge in [-0.15, -0.1) is 0 Å². The molecule has 2 aliphatic carbocycles. The van der Waals surface area contributed by atoms with Gasteiger partial charge >= 0.3 is 0 Å². The van der Waals surface area contributed by atoms with E-state index >= 15 is 0 Å². The van der Waals surface area contributed by atoms with Crippen molar-refractivity contribution in [3.63, 3.8) is 0 Å². The second-order valence-corrected chi connectivity index (χ2v) is 18.0. The van der Waals surface area contributed by atoms with Crippen LogP contribution >= 0.6 is 0 Å². The van der Waals surface area contributed by atoms with Gasteiger partial charge in [0, 0.05) is 61.5 Å². The van der Waals surface area contributed by atoms with E-state index in [9.17, 15) is 44.1 Å². The highest BCUT2D eigenvalue weighted by Gasteiger charge is 2.50. The van der Waals surface area contributed by atoms with Gasteiger partial charge in [-0.1, -0.05) is 12.1 Å². The average molecular weight is 1000 g/mol. The molecule has 3 fully saturated rings. The number of carbonyl (C=O) groups excluding carboxylic acids is 6. The molecule has 23 nitrogen and oxygen atoms in total. The van der Waals surface area contributed by atoms with Gasteiger partial charge in [0.25, 0.3) is 5.91 Å². The number of aromatic hydroxyl groups is 2. The SMILES string of the molecule is COc1cccc2c1C(=O)c1c(O)c3c(c(O)c1C2=O)C[C@@](O)(C(=O)NNC(=O)CCOCCOCCOCCOCCC(=O)N1CCC(C(N)=O)CC1)C[C@@H]3OC1CC[C@H](OC2COCCN2)[C@H](C)O1. The van der Waals surface area contributed by atoms with Crippen LogP contribution < -0.4 is 26.6 Å². The Hall–Kier alpha value is -5.34. The molecule has 3 saturated heterocycles. The van der Waals surface area contributed by atoms with Gasteiger partial charge < -0.3 is 68.6 Å². The number of hydrazine groups is 1. The number of fused-ring (bicyclic) bond motifs is 3. The molecule has 7 rings (SSSR count). The molecule has 71 heavy (non-hydrogen) atoms. The molecule has 8 N–H and O–H groups in total. The van der Waals surface area contributed by atoms with Gasteiger partial charge in [-0.05, 0) is 32.3 Å². The fraction of sp³-hybridized carbons (Fsp3) is 0.625. The van der Waals surface area contributed by atoms with Crippen LogP contribution in [0.4, 0.5) is 0 Å². The summed E-state index contributed by atoms with van der Waals surface area (Å²) in [5.41, 5.74) is 5.96. The average Bonchev–Trinajstić information content (AvgIpc) is 3.36. The van der Waals surface area contributed by atoms with E-state index in [1.165, 1.54) is 25.3 Å². The van der Waals surface area contributed by atoms with E-state index in [-0.39, 0.29) is 110 Å². The van der Waals surface area contributed by atoms with Crippen LogP contribution in [0.15, 0.2) is 18.2 Å². The summed E-state index contributed by atoms with van der Waals surface area (Å²) < 4.78 is 51.6. The molecule has 3 aliphatic heterocycles. The first-order chi connectivity index (χ1) is 34.2. The van der Waals surface area contributed by atoms with Crippen LogP contribution in [-0.2, 0) is 63.5 Å². The smallest absolute Gasteiger partial charge is 0.270 e. The van der Waals surface area contributed by atoms with E-state index in [0.717, 1.165) is 0 Å². The number of hydrogen-bond acceptors (Lipinski definition) is 19. The number of aliphatic hydroxyl groups is 1. The Morgan fingerprint density at radius 3 is 2.14 bits per heavy atom. The first kappa shape index (κ1) is 53.5. The Balaban J connectivity index is 0.870. The number of rotatable bonds is 22. The van der Waals surface area contributed by atoms with E-state index in [4.69, 9.17) is 48.4 Å². The lowest BCUT2D eigenvalue weighted by molar-refractivity contribution is -0.258. The standard InChI is InChI=1S/C48H65N5O18/c1-27-31(70-35-26-68-17-12-50-35)6-7-37(69-27)71-33-25-48(62,24-30-39(33)45(59)41-40(43(30)57)42(56)29-4-3-5-32(63-2)38(29)44(41)58)47(61)52-51-34(54)10-15-64-18-20-66-22-23-67-21-19-65-16-11-36(55)53-13-8-28(9-14-53)46(49)60/h3-5,27-28,31,33,35,37,50,57,59,62H,6-26H2,1-2H3,(H2,49,60)(H,51,54)(H,52,61)/t27-,31-,33-,35?,37?,48-/m0/s1. The van der Waals surface area contributed by atoms with Crippen molar-refractivity contribution >= 4 is 35.2 Å². The minimum absolute atomic E-state index is 0.0233. The van der Waals surface area contributed by atoms with E-state index in [1.54, 1.807) is 11.8 Å². The number of benzene rings is 2. The number of phenols is 2.